The highest BCUT2D eigenvalue weighted by atomic mass is 35.5. The first-order chi connectivity index (χ1) is 28.9. The summed E-state index contributed by atoms with van der Waals surface area (Å²) in [5.41, 5.74) is -0.540. The van der Waals surface area contributed by atoms with Crippen LogP contribution >= 0.6 is 22.9 Å². The Hall–Kier alpha value is -4.67. The van der Waals surface area contributed by atoms with Crippen molar-refractivity contribution in [2.75, 3.05) is 46.2 Å². The van der Waals surface area contributed by atoms with Crippen molar-refractivity contribution in [1.29, 1.82) is 0 Å². The summed E-state index contributed by atoms with van der Waals surface area (Å²) in [7, 11) is 5.18. The molecule has 3 aromatic rings. The highest BCUT2D eigenvalue weighted by Gasteiger charge is 2.62. The SMILES string of the molecule is C=C[C@@H]1CC1(NC(=O)[C@@H]1C[C@@H](Oc2cc(-c3csc(NC(C)C)n3)nc3c(Cl)c(OCCN(C)C)ccc23)CN1C(=O)[C@@H](NC(=O)OC1C[C@@H]2C[C@@H]2C1)C(C)(C)C)C(=O)OC. The maximum absolute atomic E-state index is 14.8. The number of aromatic nitrogens is 2. The lowest BCUT2D eigenvalue weighted by Crippen LogP contribution is -2.59. The molecular weight excluding hydrogens is 822 g/mol. The van der Waals surface area contributed by atoms with E-state index < -0.39 is 53.0 Å². The molecule has 3 saturated carbocycles. The van der Waals surface area contributed by atoms with E-state index >= 15 is 0 Å². The standard InChI is InChI=1S/C44H58ClN7O8S/c1-10-26-20-44(26,40(55)57-9)50-38(53)32-18-28(21-52(32)39(54)37(43(4,5)6)49-42(56)60-27-16-24-15-25(24)17-27)59-34-19-30(31-22-61-41(48-31)46-23(2)3)47-36-29(34)11-12-33(35(36)45)58-14-13-51(7)8/h10-12,19,22-28,32,37H,1,13-18,20-21H2,2-9H3,(H,46,48)(H,49,56)(H,50,53)/t24-,25+,26-,27?,28-,32+,37-,44?/m1/s1. The third kappa shape index (κ3) is 9.71. The predicted octanol–water partition coefficient (Wildman–Crippen LogP) is 6.29. The molecule has 1 aliphatic heterocycles. The quantitative estimate of drug-likeness (QED) is 0.109. The third-order valence-corrected chi connectivity index (χ3v) is 13.1. The van der Waals surface area contributed by atoms with Gasteiger partial charge in [-0.2, -0.15) is 0 Å². The normalized spacial score (nSPS) is 25.8. The average molecular weight is 881 g/mol. The van der Waals surface area contributed by atoms with Gasteiger partial charge in [-0.25, -0.2) is 19.6 Å². The molecule has 1 aromatic carbocycles. The van der Waals surface area contributed by atoms with Crippen LogP contribution < -0.4 is 25.4 Å². The van der Waals surface area contributed by atoms with Crippen molar-refractivity contribution >= 4 is 62.8 Å². The molecule has 0 radical (unpaired) electrons. The summed E-state index contributed by atoms with van der Waals surface area (Å²) in [4.78, 5) is 68.8. The number of pyridine rings is 1. The van der Waals surface area contributed by atoms with Crippen LogP contribution in [0.4, 0.5) is 9.93 Å². The molecule has 0 bridgehead atoms. The Morgan fingerprint density at radius 1 is 1.07 bits per heavy atom. The van der Waals surface area contributed by atoms with E-state index in [1.807, 2.05) is 65.1 Å². The number of hydrogen-bond acceptors (Lipinski definition) is 13. The number of hydrogen-bond donors (Lipinski definition) is 3. The van der Waals surface area contributed by atoms with E-state index in [9.17, 15) is 19.2 Å². The van der Waals surface area contributed by atoms with E-state index in [0.29, 0.717) is 70.2 Å². The van der Waals surface area contributed by atoms with Crippen molar-refractivity contribution in [2.24, 2.45) is 23.2 Å². The van der Waals surface area contributed by atoms with Crippen molar-refractivity contribution < 1.29 is 38.1 Å². The number of fused-ring (bicyclic) bond motifs is 2. The second-order valence-corrected chi connectivity index (χ2v) is 19.7. The number of halogens is 1. The van der Waals surface area contributed by atoms with Crippen molar-refractivity contribution in [3.8, 4) is 22.9 Å². The van der Waals surface area contributed by atoms with Gasteiger partial charge in [0.05, 0.1) is 24.9 Å². The van der Waals surface area contributed by atoms with Gasteiger partial charge in [0.2, 0.25) is 11.8 Å². The maximum atomic E-state index is 14.8. The van der Waals surface area contributed by atoms with Crippen molar-refractivity contribution in [3.63, 3.8) is 0 Å². The molecule has 8 atom stereocenters. The van der Waals surface area contributed by atoms with Crippen molar-refractivity contribution in [2.45, 2.75) is 103 Å². The first-order valence-corrected chi connectivity index (χ1v) is 22.3. The van der Waals surface area contributed by atoms with Gasteiger partial charge in [-0.15, -0.1) is 17.9 Å². The molecule has 61 heavy (non-hydrogen) atoms. The van der Waals surface area contributed by atoms with E-state index in [0.717, 1.165) is 18.0 Å². The number of benzene rings is 1. The molecule has 15 nitrogen and oxygen atoms in total. The zero-order valence-electron chi connectivity index (χ0n) is 36.2. The molecule has 3 aliphatic carbocycles. The highest BCUT2D eigenvalue weighted by Crippen LogP contribution is 2.52. The largest absolute Gasteiger partial charge is 0.491 e. The number of likely N-dealkylation sites (N-methyl/N-ethyl adjacent to an activating group) is 1. The van der Waals surface area contributed by atoms with Crippen molar-refractivity contribution in [1.82, 2.24) is 30.4 Å². The number of amides is 3. The predicted molar refractivity (Wildman–Crippen MR) is 234 cm³/mol. The van der Waals surface area contributed by atoms with Gasteiger partial charge in [0.1, 0.15) is 58.7 Å². The van der Waals surface area contributed by atoms with Crippen LogP contribution in [0.25, 0.3) is 22.3 Å². The number of rotatable bonds is 16. The van der Waals surface area contributed by atoms with Gasteiger partial charge < -0.3 is 44.7 Å². The van der Waals surface area contributed by atoms with Gasteiger partial charge in [0, 0.05) is 41.8 Å². The molecule has 330 valence electrons. The number of thiazole rings is 1. The molecule has 1 saturated heterocycles. The van der Waals surface area contributed by atoms with Crippen LogP contribution in [0.5, 0.6) is 11.5 Å². The number of esters is 1. The Kier molecular flexibility index (Phi) is 12.8. The van der Waals surface area contributed by atoms with Crippen molar-refractivity contribution in [3.05, 3.63) is 41.3 Å². The number of anilines is 1. The molecule has 4 fully saturated rings. The lowest BCUT2D eigenvalue weighted by Gasteiger charge is -2.35. The fraction of sp³-hybridized carbons (Fsp3) is 0.591. The number of alkyl carbamates (subject to hydrolysis) is 1. The van der Waals surface area contributed by atoms with Crippen LogP contribution in [0.1, 0.15) is 66.7 Å². The smallest absolute Gasteiger partial charge is 0.408 e. The number of methoxy groups -OCH3 is 1. The van der Waals surface area contributed by atoms with E-state index in [1.54, 1.807) is 18.2 Å². The van der Waals surface area contributed by atoms with Gasteiger partial charge in [0.15, 0.2) is 5.13 Å². The Labute approximate surface area is 366 Å². The Morgan fingerprint density at radius 2 is 1.80 bits per heavy atom. The Morgan fingerprint density at radius 3 is 2.44 bits per heavy atom. The number of carbonyl (C=O) groups is 4. The second kappa shape index (κ2) is 17.6. The van der Waals surface area contributed by atoms with Crippen LogP contribution in [0.3, 0.4) is 0 Å². The van der Waals surface area contributed by atoms with Crippen LogP contribution in [0.15, 0.2) is 36.2 Å². The summed E-state index contributed by atoms with van der Waals surface area (Å²) >= 11 is 8.48. The van der Waals surface area contributed by atoms with Crippen LogP contribution in [0, 0.1) is 23.2 Å². The van der Waals surface area contributed by atoms with Crippen LogP contribution in [-0.4, -0.2) is 120 Å². The molecular formula is C44H58ClN7O8S. The zero-order chi connectivity index (χ0) is 44.0. The number of likely N-dealkylation sites (tertiary alicyclic amines) is 1. The highest BCUT2D eigenvalue weighted by molar-refractivity contribution is 7.14. The first-order valence-electron chi connectivity index (χ1n) is 21.0. The minimum atomic E-state index is -1.30. The number of carbonyl (C=O) groups excluding carboxylic acids is 4. The average Bonchev–Trinajstić information content (AvgIpc) is 3.86. The molecule has 17 heteroatoms. The monoisotopic (exact) mass is 879 g/mol. The summed E-state index contributed by atoms with van der Waals surface area (Å²) in [5, 5.41) is 12.6. The molecule has 7 rings (SSSR count). The number of nitrogens with zero attached hydrogens (tertiary/aromatic N) is 4. The van der Waals surface area contributed by atoms with Gasteiger partial charge in [-0.1, -0.05) is 38.4 Å². The topological polar surface area (TPSA) is 174 Å². The lowest BCUT2D eigenvalue weighted by atomic mass is 9.85. The molecule has 3 amide bonds. The van der Waals surface area contributed by atoms with E-state index in [2.05, 4.69) is 22.5 Å². The minimum absolute atomic E-state index is 0.0138. The third-order valence-electron chi connectivity index (χ3n) is 12.0. The maximum Gasteiger partial charge on any atom is 0.408 e. The van der Waals surface area contributed by atoms with Gasteiger partial charge >= 0.3 is 12.1 Å². The Balaban J connectivity index is 1.21. The van der Waals surface area contributed by atoms with Crippen LogP contribution in [0.2, 0.25) is 5.02 Å². The Bertz CT molecular complexity index is 2170. The summed E-state index contributed by atoms with van der Waals surface area (Å²) < 4.78 is 23.8. The molecule has 3 N–H and O–H groups in total. The van der Waals surface area contributed by atoms with Gasteiger partial charge in [-0.3, -0.25) is 9.59 Å². The van der Waals surface area contributed by atoms with Gasteiger partial charge in [0.25, 0.3) is 0 Å². The first kappa shape index (κ1) is 44.4. The fourth-order valence-corrected chi connectivity index (χ4v) is 9.62. The van der Waals surface area contributed by atoms with Crippen LogP contribution in [-0.2, 0) is 23.9 Å². The minimum Gasteiger partial charge on any atom is -0.491 e. The number of nitrogens with one attached hydrogen (secondary N) is 3. The molecule has 0 spiro atoms. The van der Waals surface area contributed by atoms with E-state index in [4.69, 9.17) is 40.5 Å². The van der Waals surface area contributed by atoms with E-state index in [-0.39, 0.29) is 31.0 Å². The zero-order valence-corrected chi connectivity index (χ0v) is 37.8. The molecule has 4 aliphatic rings. The molecule has 2 aromatic heterocycles. The lowest BCUT2D eigenvalue weighted by molar-refractivity contribution is -0.148. The summed E-state index contributed by atoms with van der Waals surface area (Å²) in [6.45, 7) is 14.5. The summed E-state index contributed by atoms with van der Waals surface area (Å²) in [6.07, 6.45) is 3.24. The van der Waals surface area contributed by atoms with E-state index in [1.165, 1.54) is 29.8 Å². The molecule has 2 unspecified atom stereocenters. The fourth-order valence-electron chi connectivity index (χ4n) is 8.51. The molecule has 3 heterocycles. The summed E-state index contributed by atoms with van der Waals surface area (Å²) in [6, 6.07) is 3.41. The van der Waals surface area contributed by atoms with Gasteiger partial charge in [-0.05, 0) is 83.0 Å². The second-order valence-electron chi connectivity index (χ2n) is 18.4. The number of ether oxygens (including phenoxy) is 4. The summed E-state index contributed by atoms with van der Waals surface area (Å²) in [5.74, 6) is 0.113.